The molecule has 0 N–H and O–H groups in total. The number of nitrogens with zero attached hydrogens (tertiary/aromatic N) is 1. The van der Waals surface area contributed by atoms with Crippen molar-refractivity contribution in [3.63, 3.8) is 0 Å². The Bertz CT molecular complexity index is 200. The normalized spacial score (nSPS) is 35.8. The first-order chi connectivity index (χ1) is 4.86. The predicted molar refractivity (Wildman–Crippen MR) is 41.0 cm³/mol. The predicted octanol–water partition coefficient (Wildman–Crippen LogP) is 1.32. The third-order valence-electron chi connectivity index (χ3n) is 1.55. The summed E-state index contributed by atoms with van der Waals surface area (Å²) in [6.45, 7) is 0. The highest BCUT2D eigenvalue weighted by Crippen LogP contribution is 2.28. The minimum atomic E-state index is -0.0359. The van der Waals surface area contributed by atoms with E-state index in [1.807, 2.05) is 24.3 Å². The van der Waals surface area contributed by atoms with Gasteiger partial charge < -0.3 is 0 Å². The molecule has 2 aliphatic rings. The Morgan fingerprint density at radius 1 is 1.40 bits per heavy atom. The van der Waals surface area contributed by atoms with Gasteiger partial charge in [0.1, 0.15) is 0 Å². The number of hydrogen-bond donors (Lipinski definition) is 0. The van der Waals surface area contributed by atoms with E-state index >= 15 is 0 Å². The number of carbonyl (C=O) groups is 1. The number of amides is 1. The summed E-state index contributed by atoms with van der Waals surface area (Å²) in [6.07, 6.45) is 7.87. The van der Waals surface area contributed by atoms with Gasteiger partial charge in [-0.2, -0.15) is 0 Å². The van der Waals surface area contributed by atoms with Crippen LogP contribution in [0.15, 0.2) is 24.3 Å². The third-order valence-corrected chi connectivity index (χ3v) is 2.56. The summed E-state index contributed by atoms with van der Waals surface area (Å²) in [5, 5.41) is 4.14. The summed E-state index contributed by atoms with van der Waals surface area (Å²) in [5.41, 5.74) is 0. The molecule has 0 bridgehead atoms. The van der Waals surface area contributed by atoms with Crippen molar-refractivity contribution in [3.8, 4) is 0 Å². The Hall–Kier alpha value is -0.700. The van der Waals surface area contributed by atoms with Crippen LogP contribution in [0.4, 0.5) is 4.79 Å². The summed E-state index contributed by atoms with van der Waals surface area (Å²) >= 11 is 1.31. The van der Waals surface area contributed by atoms with E-state index in [0.29, 0.717) is 0 Å². The topological polar surface area (TPSA) is 31.2 Å². The van der Waals surface area contributed by atoms with E-state index in [9.17, 15) is 4.79 Å². The largest absolute Gasteiger partial charge is 0.301 e. The minimum Gasteiger partial charge on any atom is -0.260 e. The molecule has 1 fully saturated rings. The third kappa shape index (κ3) is 0.865. The highest BCUT2D eigenvalue weighted by Gasteiger charge is 2.32. The molecule has 2 unspecified atom stereocenters. The molecule has 1 radical (unpaired) electrons. The van der Waals surface area contributed by atoms with Gasteiger partial charge >= 0.3 is 5.24 Å². The average molecular weight is 152 g/mol. The second kappa shape index (κ2) is 2.16. The van der Waals surface area contributed by atoms with Crippen LogP contribution in [0.5, 0.6) is 0 Å². The van der Waals surface area contributed by atoms with E-state index < -0.39 is 0 Å². The molecule has 0 aromatic rings. The van der Waals surface area contributed by atoms with Gasteiger partial charge in [-0.3, -0.25) is 4.79 Å². The SMILES string of the molecule is O=C1[N]C2C=CC=CC2S1. The van der Waals surface area contributed by atoms with Crippen LogP contribution in [-0.2, 0) is 0 Å². The Morgan fingerprint density at radius 3 is 3.00 bits per heavy atom. The Kier molecular flexibility index (Phi) is 1.31. The van der Waals surface area contributed by atoms with E-state index in [1.54, 1.807) is 0 Å². The first-order valence-electron chi connectivity index (χ1n) is 3.13. The summed E-state index contributed by atoms with van der Waals surface area (Å²) in [6, 6.07) is 0.113. The van der Waals surface area contributed by atoms with Crippen molar-refractivity contribution < 1.29 is 4.79 Å². The molecule has 1 amide bonds. The lowest BCUT2D eigenvalue weighted by atomic mass is 10.1. The summed E-state index contributed by atoms with van der Waals surface area (Å²) in [7, 11) is 0. The van der Waals surface area contributed by atoms with Crippen LogP contribution >= 0.6 is 11.8 Å². The van der Waals surface area contributed by atoms with Crippen LogP contribution in [0.1, 0.15) is 0 Å². The molecule has 0 aromatic carbocycles. The van der Waals surface area contributed by atoms with Crippen molar-refractivity contribution in [1.82, 2.24) is 5.32 Å². The summed E-state index contributed by atoms with van der Waals surface area (Å²) < 4.78 is 0. The molecule has 0 aromatic heterocycles. The van der Waals surface area contributed by atoms with E-state index in [1.165, 1.54) is 11.8 Å². The zero-order chi connectivity index (χ0) is 6.97. The number of hydrogen-bond acceptors (Lipinski definition) is 2. The highest BCUT2D eigenvalue weighted by atomic mass is 32.2. The van der Waals surface area contributed by atoms with Gasteiger partial charge in [-0.1, -0.05) is 36.1 Å². The first kappa shape index (κ1) is 6.04. The fraction of sp³-hybridized carbons (Fsp3) is 0.286. The fourth-order valence-electron chi connectivity index (χ4n) is 1.07. The molecule has 2 nitrogen and oxygen atoms in total. The Morgan fingerprint density at radius 2 is 2.20 bits per heavy atom. The van der Waals surface area contributed by atoms with Gasteiger partial charge in [-0.05, 0) is 0 Å². The Labute approximate surface area is 63.4 Å². The van der Waals surface area contributed by atoms with Crippen molar-refractivity contribution in [2.45, 2.75) is 11.3 Å². The molecule has 2 rings (SSSR count). The second-order valence-electron chi connectivity index (χ2n) is 2.24. The van der Waals surface area contributed by atoms with Gasteiger partial charge in [0.2, 0.25) is 0 Å². The van der Waals surface area contributed by atoms with E-state index in [-0.39, 0.29) is 16.5 Å². The van der Waals surface area contributed by atoms with Gasteiger partial charge in [0.25, 0.3) is 0 Å². The molecule has 1 aliphatic heterocycles. The van der Waals surface area contributed by atoms with E-state index in [2.05, 4.69) is 5.32 Å². The zero-order valence-corrected chi connectivity index (χ0v) is 6.04. The molecular formula is C7H6NOS. The summed E-state index contributed by atoms with van der Waals surface area (Å²) in [5.74, 6) is 0. The number of allylic oxidation sites excluding steroid dienone is 2. The molecule has 3 heteroatoms. The molecule has 10 heavy (non-hydrogen) atoms. The van der Waals surface area contributed by atoms with Gasteiger partial charge in [0.15, 0.2) is 0 Å². The van der Waals surface area contributed by atoms with Crippen LogP contribution in [0.3, 0.4) is 0 Å². The van der Waals surface area contributed by atoms with Crippen molar-refractivity contribution in [1.29, 1.82) is 0 Å². The fourth-order valence-corrected chi connectivity index (χ4v) is 1.94. The van der Waals surface area contributed by atoms with Crippen LogP contribution < -0.4 is 5.32 Å². The standard InChI is InChI=1S/C7H6NOS/c9-7-8-5-3-1-2-4-6(5)10-7/h1-6H. The van der Waals surface area contributed by atoms with E-state index in [0.717, 1.165) is 0 Å². The minimum absolute atomic E-state index is 0.0359. The maximum Gasteiger partial charge on any atom is 0.301 e. The lowest BCUT2D eigenvalue weighted by Crippen LogP contribution is -2.22. The second-order valence-corrected chi connectivity index (χ2v) is 3.37. The van der Waals surface area contributed by atoms with E-state index in [4.69, 9.17) is 0 Å². The number of carbonyl (C=O) groups excluding carboxylic acids is 1. The molecule has 0 saturated carbocycles. The zero-order valence-electron chi connectivity index (χ0n) is 5.23. The van der Waals surface area contributed by atoms with Crippen LogP contribution in [-0.4, -0.2) is 16.5 Å². The van der Waals surface area contributed by atoms with Gasteiger partial charge in [0.05, 0.1) is 11.3 Å². The van der Waals surface area contributed by atoms with Crippen LogP contribution in [0, 0.1) is 0 Å². The van der Waals surface area contributed by atoms with Crippen molar-refractivity contribution >= 4 is 17.0 Å². The van der Waals surface area contributed by atoms with Crippen molar-refractivity contribution in [3.05, 3.63) is 24.3 Å². The molecular weight excluding hydrogens is 146 g/mol. The van der Waals surface area contributed by atoms with Crippen molar-refractivity contribution in [2.24, 2.45) is 0 Å². The van der Waals surface area contributed by atoms with Crippen molar-refractivity contribution in [2.75, 3.05) is 0 Å². The first-order valence-corrected chi connectivity index (χ1v) is 4.01. The lowest BCUT2D eigenvalue weighted by Gasteiger charge is -2.09. The molecule has 1 saturated heterocycles. The number of thioether (sulfide) groups is 1. The molecule has 51 valence electrons. The molecule has 0 spiro atoms. The van der Waals surface area contributed by atoms with Gasteiger partial charge in [0, 0.05) is 0 Å². The lowest BCUT2D eigenvalue weighted by molar-refractivity contribution is 0.260. The summed E-state index contributed by atoms with van der Waals surface area (Å²) in [4.78, 5) is 10.7. The smallest absolute Gasteiger partial charge is 0.260 e. The van der Waals surface area contributed by atoms with Gasteiger partial charge in [-0.25, -0.2) is 5.32 Å². The maximum absolute atomic E-state index is 10.7. The molecule has 1 heterocycles. The monoisotopic (exact) mass is 152 g/mol. The van der Waals surface area contributed by atoms with Crippen LogP contribution in [0.2, 0.25) is 0 Å². The molecule has 1 aliphatic carbocycles. The quantitative estimate of drug-likeness (QED) is 0.524. The maximum atomic E-state index is 10.7. The highest BCUT2D eigenvalue weighted by molar-refractivity contribution is 8.14. The Balaban J connectivity index is 2.22. The van der Waals surface area contributed by atoms with Gasteiger partial charge in [-0.15, -0.1) is 0 Å². The number of fused-ring (bicyclic) bond motifs is 1. The average Bonchev–Trinajstić information content (AvgIpc) is 2.27. The molecule has 2 atom stereocenters. The van der Waals surface area contributed by atoms with Crippen LogP contribution in [0.25, 0.3) is 0 Å². The number of rotatable bonds is 0.